The Morgan fingerprint density at radius 2 is 0.912 bits per heavy atom. The first-order valence-electron chi connectivity index (χ1n) is 24.5. The van der Waals surface area contributed by atoms with Gasteiger partial charge in [-0.1, -0.05) is 72.7 Å². The van der Waals surface area contributed by atoms with Gasteiger partial charge >= 0.3 is 0 Å². The van der Waals surface area contributed by atoms with E-state index in [1.807, 2.05) is 17.5 Å². The number of hydrogen-bond acceptors (Lipinski definition) is 8. The van der Waals surface area contributed by atoms with Gasteiger partial charge in [0.05, 0.1) is 16.5 Å². The molecule has 3 aliphatic rings. The summed E-state index contributed by atoms with van der Waals surface area (Å²) >= 11 is 0. The Morgan fingerprint density at radius 1 is 0.537 bits per heavy atom. The molecule has 12 nitrogen and oxygen atoms in total. The first-order chi connectivity index (χ1) is 39.2. The number of piperidine rings is 1. The zero-order chi connectivity index (χ0) is 57.3. The van der Waals surface area contributed by atoms with E-state index in [1.54, 1.807) is 6.92 Å². The smallest absolute Gasteiger partial charge is 0.156 e. The van der Waals surface area contributed by atoms with Crippen molar-refractivity contribution in [3.05, 3.63) is 107 Å². The van der Waals surface area contributed by atoms with Gasteiger partial charge in [-0.15, -0.1) is 11.3 Å². The normalized spacial score (nSPS) is 16.9. The number of nitrogens with zero attached hydrogens (tertiary/aromatic N) is 9. The first kappa shape index (κ1) is 61.4. The summed E-state index contributed by atoms with van der Waals surface area (Å²) in [4.78, 5) is 39.1. The monoisotopic (exact) mass is 1070 g/mol. The van der Waals surface area contributed by atoms with Crippen LogP contribution in [0, 0.1) is 200 Å². The fourth-order valence-electron chi connectivity index (χ4n) is 8.90. The van der Waals surface area contributed by atoms with Gasteiger partial charge in [0, 0.05) is 171 Å². The van der Waals surface area contributed by atoms with E-state index >= 15 is 4.79 Å². The zero-order valence-electron chi connectivity index (χ0n) is 44.8. The molecule has 80 heavy (non-hydrogen) atoms. The van der Waals surface area contributed by atoms with Gasteiger partial charge in [-0.2, -0.15) is 5.53 Å². The molecule has 2 atom stereocenters. The lowest BCUT2D eigenvalue weighted by Crippen LogP contribution is -2.71. The fourth-order valence-corrected chi connectivity index (χ4v) is 8.90. The lowest BCUT2D eigenvalue weighted by atomic mass is 9.57. The van der Waals surface area contributed by atoms with Crippen LogP contribution in [-0.4, -0.2) is 102 Å². The molecule has 2 unspecified atom stereocenters. The second-order valence-electron chi connectivity index (χ2n) is 17.5. The van der Waals surface area contributed by atoms with Gasteiger partial charge in [-0.25, -0.2) is 0 Å². The molecule has 1 N–H and O–H groups in total. The zero-order valence-corrected chi connectivity index (χ0v) is 44.8. The molecule has 3 aromatic rings. The van der Waals surface area contributed by atoms with Crippen LogP contribution in [-0.2, 0) is 22.2 Å². The van der Waals surface area contributed by atoms with E-state index in [0.717, 1.165) is 88.6 Å². The molecule has 0 saturated carbocycles. The summed E-state index contributed by atoms with van der Waals surface area (Å²) in [5, 5.41) is 9.22. The van der Waals surface area contributed by atoms with Gasteiger partial charge in [0.2, 0.25) is 0 Å². The van der Waals surface area contributed by atoms with Crippen LogP contribution < -0.4 is 0 Å². The molecule has 0 amide bonds. The number of fused-ring (bicyclic) bond motifs is 2. The average molecular weight is 1080 g/mol. The number of likely N-dealkylation sites (N-methyl/N-ethyl adjacent to an activating group) is 2. The third-order valence-electron chi connectivity index (χ3n) is 12.2. The SMILES string of the molecule is C#CC#CC#CC#CC#CC#CC#CC#CC#CC#CC#CC#CC#CC#CC#CC#CC.CN1CCN(C)CC(C)(N2CC3(c4ccccc4)CCN(Cc4ccccn4)CCC(c4ccccc4)(C2)C3=O)C1.N=N/N=N/N=O.[HH].[HH].[HH].[HH].[HH].[HH].[HH].[HH].[HH].[HH].[HH].[HH].[HH].[HH].[HH].[HH].[HH].[HH]. The van der Waals surface area contributed by atoms with Crippen LogP contribution in [0.3, 0.4) is 0 Å². The Balaban J connectivity index is -0.0000000864. The van der Waals surface area contributed by atoms with Gasteiger partial charge in [-0.3, -0.25) is 19.6 Å². The highest BCUT2D eigenvalue weighted by atomic mass is 16.3. The Bertz CT molecular complexity index is 3800. The van der Waals surface area contributed by atoms with E-state index in [0.29, 0.717) is 5.78 Å². The summed E-state index contributed by atoms with van der Waals surface area (Å²) in [5.41, 5.74) is 8.02. The third-order valence-corrected chi connectivity index (χ3v) is 12.2. The van der Waals surface area contributed by atoms with Crippen molar-refractivity contribution in [2.24, 2.45) is 21.0 Å². The highest BCUT2D eigenvalue weighted by Crippen LogP contribution is 2.48. The van der Waals surface area contributed by atoms with Crippen LogP contribution in [0.2, 0.25) is 0 Å². The molecule has 0 spiro atoms. The fraction of sp³-hybridized carbons (Fsp3) is 0.265. The Morgan fingerprint density at radius 3 is 1.24 bits per heavy atom. The standard InChI is InChI=1S/C35H45N5O.C33H4.HN5O.18H2/c1-33(25-37(2)22-23-38(3)26-33)40-27-34(29-12-6-4-7-13-29)17-20-39(24-31-16-10-11-19-36-31)21-18-35(28-40,32(34)41)30-14-8-5-9-15-30;1-3-5-7-9-11-13-15-17-19-21-23-25-27-29-31-33-32-30-28-26-24-22-20-18-16-14-12-10-8-6-4-2;1-2-3-4-5-6;;;;;;;;;;;;;;;;;;/h4-16,19H,17-18,20-28H2,1-3H3;1H,2H3;1H;18*1H/b;;2-1?,4-3+;;;;;;;;;;;;;;;;;;. The summed E-state index contributed by atoms with van der Waals surface area (Å²) < 4.78 is 0. The van der Waals surface area contributed by atoms with Crippen molar-refractivity contribution in [1.82, 2.24) is 24.6 Å². The molecule has 3 saturated heterocycles. The van der Waals surface area contributed by atoms with Crippen LogP contribution >= 0.6 is 0 Å². The lowest BCUT2D eigenvalue weighted by molar-refractivity contribution is -0.143. The minimum Gasteiger partial charge on any atom is -0.303 e. The number of terminal acetylenes is 1. The first-order valence-corrected chi connectivity index (χ1v) is 24.5. The van der Waals surface area contributed by atoms with Crippen molar-refractivity contribution in [3.63, 3.8) is 0 Å². The summed E-state index contributed by atoms with van der Waals surface area (Å²) in [5.74, 6) is 77.3. The van der Waals surface area contributed by atoms with Crippen molar-refractivity contribution in [3.8, 4) is 190 Å². The minimum atomic E-state index is -0.593. The number of carbonyl (C=O) groups excluding carboxylic acids is 1. The number of ketones is 1. The molecule has 4 heterocycles. The molecule has 420 valence electrons. The van der Waals surface area contributed by atoms with E-state index in [9.17, 15) is 0 Å². The number of hydrogen-bond donors (Lipinski definition) is 1. The number of nitroso groups, excluding NO2 is 1. The second-order valence-corrected chi connectivity index (χ2v) is 17.5. The lowest BCUT2D eigenvalue weighted by Gasteiger charge is -2.58. The Hall–Kier alpha value is -11.1. The van der Waals surface area contributed by atoms with Crippen molar-refractivity contribution < 1.29 is 30.5 Å². The van der Waals surface area contributed by atoms with Gasteiger partial charge in [0.15, 0.2) is 5.78 Å². The van der Waals surface area contributed by atoms with Gasteiger partial charge in [0.25, 0.3) is 0 Å². The molecule has 1 aromatic heterocycles. The summed E-state index contributed by atoms with van der Waals surface area (Å²) in [6.07, 6.45) is 8.41. The molecule has 2 aromatic carbocycles. The number of pyridine rings is 1. The summed E-state index contributed by atoms with van der Waals surface area (Å²) in [6, 6.07) is 27.6. The van der Waals surface area contributed by atoms with Gasteiger partial charge in [0.1, 0.15) is 5.29 Å². The van der Waals surface area contributed by atoms with Crippen molar-refractivity contribution in [2.75, 3.05) is 66.5 Å². The van der Waals surface area contributed by atoms with Crippen LogP contribution in [0.25, 0.3) is 0 Å². The quantitative estimate of drug-likeness (QED) is 0.108. The number of benzene rings is 2. The molecule has 3 aliphatic heterocycles. The average Bonchev–Trinajstić information content (AvgIpc) is 0.773. The van der Waals surface area contributed by atoms with E-state index < -0.39 is 10.8 Å². The number of carbonyl (C=O) groups is 1. The Kier molecular flexibility index (Phi) is 27.6. The maximum absolute atomic E-state index is 15.3. The second kappa shape index (κ2) is 35.9. The molecule has 12 heteroatoms. The molecular formula is C68H86N10O2. The van der Waals surface area contributed by atoms with Crippen LogP contribution in [0.4, 0.5) is 0 Å². The highest BCUT2D eigenvalue weighted by Gasteiger charge is 2.60. The van der Waals surface area contributed by atoms with Gasteiger partial charge < -0.3 is 9.80 Å². The number of rotatable bonds is 7. The number of aromatic nitrogens is 1. The van der Waals surface area contributed by atoms with E-state index in [4.69, 9.17) is 16.9 Å². The molecular weight excluding hydrogens is 989 g/mol. The van der Waals surface area contributed by atoms with Crippen molar-refractivity contribution in [2.45, 2.75) is 49.6 Å². The van der Waals surface area contributed by atoms with Crippen LogP contribution in [0.15, 0.2) is 106 Å². The third kappa shape index (κ3) is 21.2. The van der Waals surface area contributed by atoms with Crippen LogP contribution in [0.1, 0.15) is 69.2 Å². The number of nitrogens with one attached hydrogen (secondary N) is 1. The maximum Gasteiger partial charge on any atom is 0.156 e. The van der Waals surface area contributed by atoms with E-state index in [-0.39, 0.29) is 31.2 Å². The number of Topliss-reactive ketones (excluding diaryl/α,β-unsaturated/α-hetero) is 1. The molecule has 6 rings (SSSR count). The molecule has 0 radical (unpaired) electrons. The summed E-state index contributed by atoms with van der Waals surface area (Å²) in [7, 11) is 4.50. The summed E-state index contributed by atoms with van der Waals surface area (Å²) in [6.45, 7) is 12.3. The predicted molar refractivity (Wildman–Crippen MR) is 350 cm³/mol. The largest absolute Gasteiger partial charge is 0.303 e. The van der Waals surface area contributed by atoms with Crippen molar-refractivity contribution >= 4 is 5.78 Å². The molecule has 2 bridgehead atoms. The highest BCUT2D eigenvalue weighted by molar-refractivity contribution is 6.00. The molecule has 0 aliphatic carbocycles. The molecule has 3 fully saturated rings. The van der Waals surface area contributed by atoms with Crippen LogP contribution in [0.5, 0.6) is 0 Å². The maximum atomic E-state index is 15.3. The van der Waals surface area contributed by atoms with Crippen molar-refractivity contribution in [1.29, 1.82) is 5.53 Å². The topological polar surface area (TPSA) is 133 Å². The number of likely N-dealkylation sites (tertiary alicyclic amines) is 2. The van der Waals surface area contributed by atoms with Gasteiger partial charge in [-0.05, 0) is 182 Å². The minimum absolute atomic E-state index is 0. The van der Waals surface area contributed by atoms with E-state index in [1.165, 1.54) is 0 Å². The van der Waals surface area contributed by atoms with E-state index in [2.05, 4.69) is 318 Å². The Labute approximate surface area is 499 Å². The predicted octanol–water partition coefficient (Wildman–Crippen LogP) is 10.3.